The molecule has 0 amide bonds. The Morgan fingerprint density at radius 1 is 1.11 bits per heavy atom. The first kappa shape index (κ1) is 13.2. The van der Waals surface area contributed by atoms with Gasteiger partial charge in [-0.25, -0.2) is 4.98 Å². The van der Waals surface area contributed by atoms with E-state index in [9.17, 15) is 0 Å². The average molecular weight is 386 g/mol. The SMILES string of the molecule is Clc1ccc([C@H]2C[C@H](Oc3ccc(I)nc3)C2)cc1. The van der Waals surface area contributed by atoms with Gasteiger partial charge < -0.3 is 4.74 Å². The molecule has 0 bridgehead atoms. The van der Waals surface area contributed by atoms with Gasteiger partial charge in [0.05, 0.1) is 12.3 Å². The van der Waals surface area contributed by atoms with Crippen molar-refractivity contribution in [1.82, 2.24) is 4.98 Å². The monoisotopic (exact) mass is 385 g/mol. The van der Waals surface area contributed by atoms with E-state index in [4.69, 9.17) is 16.3 Å². The van der Waals surface area contributed by atoms with E-state index >= 15 is 0 Å². The van der Waals surface area contributed by atoms with Crippen molar-refractivity contribution < 1.29 is 4.74 Å². The van der Waals surface area contributed by atoms with E-state index in [1.807, 2.05) is 24.3 Å². The van der Waals surface area contributed by atoms with Crippen LogP contribution < -0.4 is 4.74 Å². The molecule has 1 aliphatic rings. The third-order valence-electron chi connectivity index (χ3n) is 3.44. The van der Waals surface area contributed by atoms with Crippen LogP contribution in [0.4, 0.5) is 0 Å². The Kier molecular flexibility index (Phi) is 3.93. The molecule has 1 fully saturated rings. The van der Waals surface area contributed by atoms with Crippen LogP contribution in [-0.4, -0.2) is 11.1 Å². The number of hydrogen-bond acceptors (Lipinski definition) is 2. The van der Waals surface area contributed by atoms with E-state index < -0.39 is 0 Å². The summed E-state index contributed by atoms with van der Waals surface area (Å²) in [5.74, 6) is 1.46. The molecule has 1 aliphatic carbocycles. The van der Waals surface area contributed by atoms with Gasteiger partial charge >= 0.3 is 0 Å². The molecule has 0 unspecified atom stereocenters. The Bertz CT molecular complexity index is 549. The second kappa shape index (κ2) is 5.67. The maximum Gasteiger partial charge on any atom is 0.138 e. The summed E-state index contributed by atoms with van der Waals surface area (Å²) in [7, 11) is 0. The van der Waals surface area contributed by atoms with Crippen LogP contribution in [-0.2, 0) is 0 Å². The zero-order valence-electron chi connectivity index (χ0n) is 10.2. The number of hydrogen-bond donors (Lipinski definition) is 0. The molecule has 0 saturated heterocycles. The third-order valence-corrected chi connectivity index (χ3v) is 4.33. The molecule has 3 rings (SSSR count). The molecule has 0 radical (unpaired) electrons. The van der Waals surface area contributed by atoms with Crippen molar-refractivity contribution in [3.05, 3.63) is 56.9 Å². The Morgan fingerprint density at radius 3 is 2.47 bits per heavy atom. The molecule has 19 heavy (non-hydrogen) atoms. The summed E-state index contributed by atoms with van der Waals surface area (Å²) in [5, 5.41) is 0.792. The lowest BCUT2D eigenvalue weighted by molar-refractivity contribution is 0.0981. The summed E-state index contributed by atoms with van der Waals surface area (Å²) < 4.78 is 6.87. The predicted octanol–water partition coefficient (Wildman–Crippen LogP) is 4.66. The van der Waals surface area contributed by atoms with E-state index in [2.05, 4.69) is 39.7 Å². The van der Waals surface area contributed by atoms with Gasteiger partial charge in [-0.2, -0.15) is 0 Å². The molecule has 0 atom stereocenters. The topological polar surface area (TPSA) is 22.1 Å². The van der Waals surface area contributed by atoms with E-state index in [-0.39, 0.29) is 0 Å². The summed E-state index contributed by atoms with van der Waals surface area (Å²) in [4.78, 5) is 4.22. The van der Waals surface area contributed by atoms with Crippen molar-refractivity contribution in [2.45, 2.75) is 24.9 Å². The number of pyridine rings is 1. The Morgan fingerprint density at radius 2 is 1.84 bits per heavy atom. The number of halogens is 2. The second-order valence-corrected chi connectivity index (χ2v) is 6.32. The molecule has 0 aliphatic heterocycles. The number of aromatic nitrogens is 1. The highest BCUT2D eigenvalue weighted by molar-refractivity contribution is 14.1. The summed E-state index contributed by atoms with van der Waals surface area (Å²) in [6.45, 7) is 0. The number of rotatable bonds is 3. The van der Waals surface area contributed by atoms with Crippen LogP contribution in [0.1, 0.15) is 24.3 Å². The molecular formula is C15H13ClINO. The first-order valence-electron chi connectivity index (χ1n) is 6.24. The summed E-state index contributed by atoms with van der Waals surface area (Å²) in [5.41, 5.74) is 1.35. The molecule has 2 aromatic rings. The smallest absolute Gasteiger partial charge is 0.138 e. The van der Waals surface area contributed by atoms with E-state index in [1.54, 1.807) is 6.20 Å². The summed E-state index contributed by atoms with van der Waals surface area (Å²) in [6, 6.07) is 12.1. The van der Waals surface area contributed by atoms with Gasteiger partial charge in [-0.1, -0.05) is 23.7 Å². The van der Waals surface area contributed by atoms with E-state index in [0.29, 0.717) is 12.0 Å². The lowest BCUT2D eigenvalue weighted by Crippen LogP contribution is -2.32. The van der Waals surface area contributed by atoms with Gasteiger partial charge in [0.15, 0.2) is 0 Å². The van der Waals surface area contributed by atoms with Gasteiger partial charge in [-0.15, -0.1) is 0 Å². The van der Waals surface area contributed by atoms with Crippen LogP contribution in [0.15, 0.2) is 42.6 Å². The van der Waals surface area contributed by atoms with Gasteiger partial charge in [-0.05, 0) is 71.2 Å². The Labute approximate surface area is 131 Å². The lowest BCUT2D eigenvalue weighted by atomic mass is 9.77. The van der Waals surface area contributed by atoms with E-state index in [1.165, 1.54) is 5.56 Å². The van der Waals surface area contributed by atoms with Crippen molar-refractivity contribution in [3.8, 4) is 5.75 Å². The van der Waals surface area contributed by atoms with Crippen molar-refractivity contribution in [2.24, 2.45) is 0 Å². The molecule has 0 N–H and O–H groups in total. The largest absolute Gasteiger partial charge is 0.489 e. The highest BCUT2D eigenvalue weighted by atomic mass is 127. The molecule has 1 aromatic carbocycles. The van der Waals surface area contributed by atoms with Gasteiger partial charge in [0.1, 0.15) is 9.45 Å². The quantitative estimate of drug-likeness (QED) is 0.566. The summed E-state index contributed by atoms with van der Waals surface area (Å²) in [6.07, 6.45) is 4.22. The van der Waals surface area contributed by atoms with Crippen LogP contribution >= 0.6 is 34.2 Å². The predicted molar refractivity (Wildman–Crippen MR) is 84.8 cm³/mol. The van der Waals surface area contributed by atoms with Gasteiger partial charge in [-0.3, -0.25) is 0 Å². The molecule has 0 spiro atoms. The van der Waals surface area contributed by atoms with Crippen LogP contribution in [0.2, 0.25) is 5.02 Å². The Hall–Kier alpha value is -0.810. The van der Waals surface area contributed by atoms with Crippen molar-refractivity contribution >= 4 is 34.2 Å². The van der Waals surface area contributed by atoms with Gasteiger partial charge in [0.2, 0.25) is 0 Å². The highest BCUT2D eigenvalue weighted by Crippen LogP contribution is 2.39. The van der Waals surface area contributed by atoms with Gasteiger partial charge in [0, 0.05) is 5.02 Å². The van der Waals surface area contributed by atoms with Crippen molar-refractivity contribution in [2.75, 3.05) is 0 Å². The molecule has 2 nitrogen and oxygen atoms in total. The van der Waals surface area contributed by atoms with Gasteiger partial charge in [0.25, 0.3) is 0 Å². The maximum absolute atomic E-state index is 5.89. The minimum Gasteiger partial charge on any atom is -0.489 e. The molecule has 4 heteroatoms. The number of nitrogens with zero attached hydrogens (tertiary/aromatic N) is 1. The molecule has 1 aromatic heterocycles. The minimum absolute atomic E-state index is 0.308. The fraction of sp³-hybridized carbons (Fsp3) is 0.267. The fourth-order valence-electron chi connectivity index (χ4n) is 2.29. The van der Waals surface area contributed by atoms with Crippen LogP contribution in [0.3, 0.4) is 0 Å². The molecule has 98 valence electrons. The number of ether oxygens (including phenoxy) is 1. The average Bonchev–Trinajstić information content (AvgIpc) is 2.37. The van der Waals surface area contributed by atoms with Crippen molar-refractivity contribution in [3.63, 3.8) is 0 Å². The van der Waals surface area contributed by atoms with Crippen LogP contribution in [0, 0.1) is 3.70 Å². The fourth-order valence-corrected chi connectivity index (χ4v) is 2.74. The highest BCUT2D eigenvalue weighted by Gasteiger charge is 2.31. The van der Waals surface area contributed by atoms with Crippen LogP contribution in [0.5, 0.6) is 5.75 Å². The second-order valence-electron chi connectivity index (χ2n) is 4.78. The maximum atomic E-state index is 5.89. The standard InChI is InChI=1S/C15H13ClINO/c16-12-3-1-10(2-4-12)11-7-14(8-11)19-13-5-6-15(17)18-9-13/h1-6,9,11,14H,7-8H2/t11-,14-. The first-order valence-corrected chi connectivity index (χ1v) is 7.70. The molecular weight excluding hydrogens is 373 g/mol. The lowest BCUT2D eigenvalue weighted by Gasteiger charge is -2.35. The third kappa shape index (κ3) is 3.20. The van der Waals surface area contributed by atoms with Crippen LogP contribution in [0.25, 0.3) is 0 Å². The molecule has 1 saturated carbocycles. The Balaban J connectivity index is 1.55. The molecule has 1 heterocycles. The summed E-state index contributed by atoms with van der Waals surface area (Å²) >= 11 is 8.08. The minimum atomic E-state index is 0.308. The zero-order chi connectivity index (χ0) is 13.2. The van der Waals surface area contributed by atoms with Crippen molar-refractivity contribution in [1.29, 1.82) is 0 Å². The normalized spacial score (nSPS) is 21.8. The number of benzene rings is 1. The first-order chi connectivity index (χ1) is 9.20. The van der Waals surface area contributed by atoms with E-state index in [0.717, 1.165) is 27.3 Å². The zero-order valence-corrected chi connectivity index (χ0v) is 13.1.